The summed E-state index contributed by atoms with van der Waals surface area (Å²) in [6.45, 7) is 0. The van der Waals surface area contributed by atoms with Crippen LogP contribution in [0.3, 0.4) is 0 Å². The van der Waals surface area contributed by atoms with Crippen molar-refractivity contribution in [2.45, 2.75) is 5.92 Å². The SMILES string of the molecule is COc1ccccc1C(C#N)C(=O)c1ccccc1I. The van der Waals surface area contributed by atoms with E-state index in [2.05, 4.69) is 28.7 Å². The van der Waals surface area contributed by atoms with Gasteiger partial charge in [0.1, 0.15) is 11.7 Å². The second-order valence-corrected chi connectivity index (χ2v) is 5.31. The third-order valence-electron chi connectivity index (χ3n) is 2.98. The quantitative estimate of drug-likeness (QED) is 0.602. The molecule has 3 nitrogen and oxygen atoms in total. The molecule has 4 heteroatoms. The molecule has 2 aromatic carbocycles. The number of para-hydroxylation sites is 1. The van der Waals surface area contributed by atoms with Gasteiger partial charge >= 0.3 is 0 Å². The first-order valence-corrected chi connectivity index (χ1v) is 7.08. The van der Waals surface area contributed by atoms with E-state index in [1.54, 1.807) is 30.3 Å². The Morgan fingerprint density at radius 2 is 1.85 bits per heavy atom. The number of ether oxygens (including phenoxy) is 1. The molecule has 20 heavy (non-hydrogen) atoms. The maximum Gasteiger partial charge on any atom is 0.185 e. The highest BCUT2D eigenvalue weighted by Crippen LogP contribution is 2.29. The predicted molar refractivity (Wildman–Crippen MR) is 84.8 cm³/mol. The van der Waals surface area contributed by atoms with E-state index >= 15 is 0 Å². The van der Waals surface area contributed by atoms with Gasteiger partial charge in [0.15, 0.2) is 5.78 Å². The largest absolute Gasteiger partial charge is 0.496 e. The van der Waals surface area contributed by atoms with Gasteiger partial charge in [-0.3, -0.25) is 4.79 Å². The molecule has 0 aromatic heterocycles. The number of hydrogen-bond acceptors (Lipinski definition) is 3. The summed E-state index contributed by atoms with van der Waals surface area (Å²) in [7, 11) is 1.53. The predicted octanol–water partition coefficient (Wildman–Crippen LogP) is 3.79. The lowest BCUT2D eigenvalue weighted by atomic mass is 9.91. The second-order valence-electron chi connectivity index (χ2n) is 4.15. The lowest BCUT2D eigenvalue weighted by Gasteiger charge is -2.13. The number of methoxy groups -OCH3 is 1. The van der Waals surface area contributed by atoms with E-state index in [-0.39, 0.29) is 5.78 Å². The standard InChI is InChI=1S/C16H12INO2/c1-20-15-9-5-3-6-11(15)13(10-18)16(19)12-7-2-4-8-14(12)17/h2-9,13H,1H3. The molecule has 0 saturated carbocycles. The van der Waals surface area contributed by atoms with Crippen LogP contribution in [-0.2, 0) is 0 Å². The molecule has 0 amide bonds. The molecule has 0 radical (unpaired) electrons. The Kier molecular flexibility index (Phi) is 4.74. The summed E-state index contributed by atoms with van der Waals surface area (Å²) in [5.74, 6) is -0.512. The molecular weight excluding hydrogens is 365 g/mol. The summed E-state index contributed by atoms with van der Waals surface area (Å²) < 4.78 is 6.08. The molecule has 0 spiro atoms. The fraction of sp³-hybridized carbons (Fsp3) is 0.125. The molecule has 0 bridgehead atoms. The molecule has 1 atom stereocenters. The van der Waals surface area contributed by atoms with Gasteiger partial charge in [0.05, 0.1) is 13.2 Å². The summed E-state index contributed by atoms with van der Waals surface area (Å²) in [5, 5.41) is 9.39. The molecule has 2 aromatic rings. The van der Waals surface area contributed by atoms with Gasteiger partial charge in [0.25, 0.3) is 0 Å². The molecule has 100 valence electrons. The molecular formula is C16H12INO2. The third-order valence-corrected chi connectivity index (χ3v) is 3.92. The van der Waals surface area contributed by atoms with Crippen molar-refractivity contribution in [3.8, 4) is 11.8 Å². The van der Waals surface area contributed by atoms with Gasteiger partial charge < -0.3 is 4.74 Å². The Morgan fingerprint density at radius 1 is 1.20 bits per heavy atom. The van der Waals surface area contributed by atoms with Gasteiger partial charge in [-0.05, 0) is 34.7 Å². The number of ketones is 1. The molecule has 0 aliphatic rings. The van der Waals surface area contributed by atoms with Crippen molar-refractivity contribution in [1.82, 2.24) is 0 Å². The number of rotatable bonds is 4. The van der Waals surface area contributed by atoms with E-state index < -0.39 is 5.92 Å². The molecule has 0 N–H and O–H groups in total. The summed E-state index contributed by atoms with van der Waals surface area (Å²) in [6.07, 6.45) is 0. The summed E-state index contributed by atoms with van der Waals surface area (Å²) in [6, 6.07) is 16.5. The smallest absolute Gasteiger partial charge is 0.185 e. The van der Waals surface area contributed by atoms with E-state index in [0.29, 0.717) is 16.9 Å². The minimum Gasteiger partial charge on any atom is -0.496 e. The maximum absolute atomic E-state index is 12.6. The van der Waals surface area contributed by atoms with Gasteiger partial charge in [0.2, 0.25) is 0 Å². The zero-order valence-electron chi connectivity index (χ0n) is 10.8. The van der Waals surface area contributed by atoms with Crippen LogP contribution in [0.4, 0.5) is 0 Å². The number of carbonyl (C=O) groups excluding carboxylic acids is 1. The minimum atomic E-state index is -0.859. The van der Waals surface area contributed by atoms with Crippen LogP contribution < -0.4 is 4.74 Å². The highest BCUT2D eigenvalue weighted by atomic mass is 127. The first-order chi connectivity index (χ1) is 9.69. The average Bonchev–Trinajstić information content (AvgIpc) is 2.49. The van der Waals surface area contributed by atoms with Crippen molar-refractivity contribution in [3.05, 3.63) is 63.2 Å². The molecule has 1 unspecified atom stereocenters. The van der Waals surface area contributed by atoms with Crippen LogP contribution in [0.15, 0.2) is 48.5 Å². The lowest BCUT2D eigenvalue weighted by molar-refractivity contribution is 0.0977. The maximum atomic E-state index is 12.6. The Morgan fingerprint density at radius 3 is 2.50 bits per heavy atom. The van der Waals surface area contributed by atoms with Crippen molar-refractivity contribution in [1.29, 1.82) is 5.26 Å². The molecule has 0 aliphatic carbocycles. The molecule has 2 rings (SSSR count). The van der Waals surface area contributed by atoms with Crippen LogP contribution in [0.25, 0.3) is 0 Å². The number of nitriles is 1. The first-order valence-electron chi connectivity index (χ1n) is 6.00. The Bertz CT molecular complexity index is 676. The van der Waals surface area contributed by atoms with E-state index in [9.17, 15) is 10.1 Å². The zero-order valence-corrected chi connectivity index (χ0v) is 13.0. The summed E-state index contributed by atoms with van der Waals surface area (Å²) in [4.78, 5) is 12.6. The number of nitrogens with zero attached hydrogens (tertiary/aromatic N) is 1. The normalized spacial score (nSPS) is 11.4. The number of halogens is 1. The third kappa shape index (κ3) is 2.83. The van der Waals surface area contributed by atoms with Crippen LogP contribution in [0.1, 0.15) is 21.8 Å². The van der Waals surface area contributed by atoms with Crippen LogP contribution in [0.5, 0.6) is 5.75 Å². The monoisotopic (exact) mass is 377 g/mol. The Labute approximate surface area is 131 Å². The Balaban J connectivity index is 2.46. The highest BCUT2D eigenvalue weighted by molar-refractivity contribution is 14.1. The first kappa shape index (κ1) is 14.5. The minimum absolute atomic E-state index is 0.206. The number of hydrogen-bond donors (Lipinski definition) is 0. The molecule has 0 fully saturated rings. The van der Waals surface area contributed by atoms with Gasteiger partial charge in [-0.2, -0.15) is 5.26 Å². The van der Waals surface area contributed by atoms with Crippen LogP contribution in [0, 0.1) is 14.9 Å². The fourth-order valence-electron chi connectivity index (χ4n) is 1.99. The molecule has 0 aliphatic heterocycles. The van der Waals surface area contributed by atoms with Crippen molar-refractivity contribution >= 4 is 28.4 Å². The lowest BCUT2D eigenvalue weighted by Crippen LogP contribution is -2.13. The molecule has 0 heterocycles. The van der Waals surface area contributed by atoms with Crippen molar-refractivity contribution < 1.29 is 9.53 Å². The van der Waals surface area contributed by atoms with E-state index in [4.69, 9.17) is 4.74 Å². The molecule has 0 saturated heterocycles. The van der Waals surface area contributed by atoms with E-state index in [1.165, 1.54) is 7.11 Å². The average molecular weight is 377 g/mol. The van der Waals surface area contributed by atoms with Gasteiger partial charge in [-0.25, -0.2) is 0 Å². The van der Waals surface area contributed by atoms with Gasteiger partial charge in [-0.15, -0.1) is 0 Å². The fourth-order valence-corrected chi connectivity index (χ4v) is 2.64. The van der Waals surface area contributed by atoms with Gasteiger partial charge in [-0.1, -0.05) is 36.4 Å². The zero-order chi connectivity index (χ0) is 14.5. The number of benzene rings is 2. The van der Waals surface area contributed by atoms with E-state index in [0.717, 1.165) is 3.57 Å². The van der Waals surface area contributed by atoms with Crippen LogP contribution >= 0.6 is 22.6 Å². The van der Waals surface area contributed by atoms with Crippen molar-refractivity contribution in [2.75, 3.05) is 7.11 Å². The van der Waals surface area contributed by atoms with Crippen LogP contribution in [0.2, 0.25) is 0 Å². The number of carbonyl (C=O) groups is 1. The second kappa shape index (κ2) is 6.53. The Hall–Kier alpha value is -1.87. The summed E-state index contributed by atoms with van der Waals surface area (Å²) in [5.41, 5.74) is 1.16. The van der Waals surface area contributed by atoms with Gasteiger partial charge in [0, 0.05) is 14.7 Å². The number of Topliss-reactive ketones (excluding diaryl/α,β-unsaturated/α-hetero) is 1. The van der Waals surface area contributed by atoms with Crippen molar-refractivity contribution in [2.24, 2.45) is 0 Å². The van der Waals surface area contributed by atoms with Crippen LogP contribution in [-0.4, -0.2) is 12.9 Å². The van der Waals surface area contributed by atoms with Crippen molar-refractivity contribution in [3.63, 3.8) is 0 Å². The highest BCUT2D eigenvalue weighted by Gasteiger charge is 2.25. The van der Waals surface area contributed by atoms with E-state index in [1.807, 2.05) is 18.2 Å². The topological polar surface area (TPSA) is 50.1 Å². The summed E-state index contributed by atoms with van der Waals surface area (Å²) >= 11 is 2.10.